The van der Waals surface area contributed by atoms with Gasteiger partial charge in [0.25, 0.3) is 0 Å². The molecule has 59 heavy (non-hydrogen) atoms. The van der Waals surface area contributed by atoms with Gasteiger partial charge in [0.2, 0.25) is 11.8 Å². The molecule has 16 heteroatoms. The minimum absolute atomic E-state index is 0.0399. The molecule has 0 bridgehead atoms. The molecule has 6 aromatic rings. The van der Waals surface area contributed by atoms with E-state index in [0.717, 1.165) is 55.7 Å². The Morgan fingerprint density at radius 1 is 0.898 bits per heavy atom. The number of likely N-dealkylation sites (tertiary alicyclic amines) is 1. The number of hydrogen-bond acceptors (Lipinski definition) is 9. The number of aromatic nitrogens is 4. The van der Waals surface area contributed by atoms with Crippen LogP contribution in [-0.2, 0) is 25.6 Å². The van der Waals surface area contributed by atoms with Gasteiger partial charge in [-0.1, -0.05) is 45.9 Å². The molecule has 308 valence electrons. The molecule has 0 spiro atoms. The fourth-order valence-electron chi connectivity index (χ4n) is 7.49. The van der Waals surface area contributed by atoms with Gasteiger partial charge in [-0.2, -0.15) is 0 Å². The maximum Gasteiger partial charge on any atom is 0.407 e. The summed E-state index contributed by atoms with van der Waals surface area (Å²) in [4.78, 5) is 73.5. The number of rotatable bonds is 12. The third-order valence-electron chi connectivity index (χ3n) is 10.6. The molecule has 3 atom stereocenters. The Kier molecular flexibility index (Phi) is 12.0. The van der Waals surface area contributed by atoms with Crippen molar-refractivity contribution >= 4 is 62.8 Å². The monoisotopic (exact) mass is 822 g/mol. The number of benzene rings is 3. The number of thiophene rings is 1. The molecule has 1 saturated heterocycles. The van der Waals surface area contributed by atoms with E-state index in [-0.39, 0.29) is 30.3 Å². The Balaban J connectivity index is 1.11. The largest absolute Gasteiger partial charge is 0.453 e. The second-order valence-electron chi connectivity index (χ2n) is 15.2. The van der Waals surface area contributed by atoms with Gasteiger partial charge in [-0.05, 0) is 84.2 Å². The number of halogens is 1. The molecule has 2 unspecified atom stereocenters. The smallest absolute Gasteiger partial charge is 0.407 e. The highest BCUT2D eigenvalue weighted by Crippen LogP contribution is 2.38. The number of alkyl carbamates (subject to hydrolysis) is 2. The summed E-state index contributed by atoms with van der Waals surface area (Å²) >= 11 is 1.63. The van der Waals surface area contributed by atoms with E-state index in [0.29, 0.717) is 23.9 Å². The van der Waals surface area contributed by atoms with Gasteiger partial charge < -0.3 is 39.9 Å². The first-order valence-electron chi connectivity index (χ1n) is 19.5. The number of ether oxygens (including phenoxy) is 2. The van der Waals surface area contributed by atoms with Crippen molar-refractivity contribution in [2.24, 2.45) is 11.8 Å². The van der Waals surface area contributed by atoms with E-state index < -0.39 is 36.0 Å². The summed E-state index contributed by atoms with van der Waals surface area (Å²) in [5, 5.41) is 7.27. The summed E-state index contributed by atoms with van der Waals surface area (Å²) < 4.78 is 23.5. The van der Waals surface area contributed by atoms with Crippen LogP contribution in [0, 0.1) is 17.7 Å². The summed E-state index contributed by atoms with van der Waals surface area (Å²) in [7, 11) is 2.52. The number of anilines is 1. The van der Waals surface area contributed by atoms with Crippen LogP contribution in [0.25, 0.3) is 42.8 Å². The molecule has 1 aliphatic rings. The molecule has 0 aliphatic carbocycles. The molecule has 7 rings (SSSR count). The molecular weight excluding hydrogens is 776 g/mol. The number of aromatic amines is 2. The fraction of sp³-hybridized carbons (Fsp3) is 0.349. The number of H-pyrrole nitrogens is 2. The summed E-state index contributed by atoms with van der Waals surface area (Å²) in [6.45, 7) is 8.04. The zero-order valence-electron chi connectivity index (χ0n) is 33.7. The Hall–Kier alpha value is -6.29. The molecule has 4 N–H and O–H groups in total. The number of nitrogens with one attached hydrogen (secondary N) is 4. The van der Waals surface area contributed by atoms with Crippen LogP contribution in [-0.4, -0.2) is 81.7 Å². The quantitative estimate of drug-likeness (QED) is 0.0963. The lowest BCUT2D eigenvalue weighted by Crippen LogP contribution is -2.51. The Bertz CT molecular complexity index is 2490. The highest BCUT2D eigenvalue weighted by atomic mass is 32.1. The lowest BCUT2D eigenvalue weighted by Gasteiger charge is -2.30. The summed E-state index contributed by atoms with van der Waals surface area (Å²) in [6, 6.07) is 18.1. The third-order valence-corrected chi connectivity index (χ3v) is 11.8. The zero-order chi connectivity index (χ0) is 42.0. The lowest BCUT2D eigenvalue weighted by molar-refractivity contribution is -0.135. The first kappa shape index (κ1) is 40.9. The lowest BCUT2D eigenvalue weighted by atomic mass is 10.0. The van der Waals surface area contributed by atoms with E-state index in [2.05, 4.69) is 44.9 Å². The first-order chi connectivity index (χ1) is 28.3. The Morgan fingerprint density at radius 2 is 1.59 bits per heavy atom. The van der Waals surface area contributed by atoms with E-state index in [9.17, 15) is 23.6 Å². The van der Waals surface area contributed by atoms with Crippen molar-refractivity contribution in [2.75, 3.05) is 25.7 Å². The Labute approximate surface area is 344 Å². The van der Waals surface area contributed by atoms with Crippen LogP contribution >= 0.6 is 11.3 Å². The highest BCUT2D eigenvalue weighted by Gasteiger charge is 2.37. The molecule has 4 amide bonds. The minimum atomic E-state index is -0.904. The van der Waals surface area contributed by atoms with Gasteiger partial charge in [0.15, 0.2) is 0 Å². The maximum absolute atomic E-state index is 14.0. The van der Waals surface area contributed by atoms with Crippen LogP contribution in [0.2, 0.25) is 0 Å². The number of carbonyl (C=O) groups is 4. The molecular formula is C43H47FN8O6S. The molecule has 4 heterocycles. The second kappa shape index (κ2) is 17.3. The summed E-state index contributed by atoms with van der Waals surface area (Å²) in [6.07, 6.45) is 2.03. The number of hydrogen-bond donors (Lipinski definition) is 4. The second-order valence-corrected chi connectivity index (χ2v) is 16.3. The topological polar surface area (TPSA) is 175 Å². The SMILES string of the molecule is COC(=O)NC(C(=O)N(Cc1nc2ccc3cc(-c4ccc(-c5cnc([C@@H]6CCCN6C(=O)C(NC(=O)OC)C(C)C)[nH]5)s4)ccc3c2[nH]1)c1ccc(F)cc1)C(C)C. The number of imidazole rings is 2. The minimum Gasteiger partial charge on any atom is -0.453 e. The molecule has 1 aliphatic heterocycles. The third kappa shape index (κ3) is 8.63. The predicted molar refractivity (Wildman–Crippen MR) is 224 cm³/mol. The normalized spacial score (nSPS) is 15.1. The summed E-state index contributed by atoms with van der Waals surface area (Å²) in [5.41, 5.74) is 3.86. The van der Waals surface area contributed by atoms with Gasteiger partial charge in [-0.25, -0.2) is 23.9 Å². The molecule has 1 fully saturated rings. The van der Waals surface area contributed by atoms with Crippen molar-refractivity contribution in [3.05, 3.63) is 90.4 Å². The van der Waals surface area contributed by atoms with Crippen LogP contribution in [0.1, 0.15) is 58.2 Å². The molecule has 3 aromatic heterocycles. The number of methoxy groups -OCH3 is 2. The van der Waals surface area contributed by atoms with Gasteiger partial charge >= 0.3 is 12.2 Å². The number of nitrogens with zero attached hydrogens (tertiary/aromatic N) is 4. The van der Waals surface area contributed by atoms with Gasteiger partial charge in [-0.15, -0.1) is 11.3 Å². The van der Waals surface area contributed by atoms with Crippen molar-refractivity contribution in [1.82, 2.24) is 35.5 Å². The molecule has 14 nitrogen and oxygen atoms in total. The van der Waals surface area contributed by atoms with E-state index >= 15 is 0 Å². The van der Waals surface area contributed by atoms with E-state index in [1.165, 1.54) is 43.4 Å². The van der Waals surface area contributed by atoms with Gasteiger partial charge in [0.1, 0.15) is 29.5 Å². The number of carbonyl (C=O) groups excluding carboxylic acids is 4. The average molecular weight is 823 g/mol. The standard InChI is InChI=1S/C43H47FN8O6S/c1-23(2)36(49-42(55)57-5)40(53)51-19-7-8-32(51)39-45-21-31(47-39)34-18-17-33(59-34)26-9-15-29-25(20-26)10-16-30-38(29)48-35(46-30)22-52(28-13-11-27(44)12-14-28)41(54)37(24(3)4)50-43(56)58-6/h9-18,20-21,23-24,32,36-37H,7-8,19,22H2,1-6H3,(H,45,47)(H,46,48)(H,49,55)(H,50,56)/t32-,36?,37?/m0/s1. The first-order valence-corrected chi connectivity index (χ1v) is 20.3. The van der Waals surface area contributed by atoms with Crippen LogP contribution in [0.4, 0.5) is 19.7 Å². The molecule has 3 aromatic carbocycles. The zero-order valence-corrected chi connectivity index (χ0v) is 34.5. The van der Waals surface area contributed by atoms with Crippen LogP contribution in [0.5, 0.6) is 0 Å². The van der Waals surface area contributed by atoms with Crippen molar-refractivity contribution in [3.63, 3.8) is 0 Å². The van der Waals surface area contributed by atoms with Crippen molar-refractivity contribution in [2.45, 2.75) is 65.2 Å². The van der Waals surface area contributed by atoms with Crippen LogP contribution in [0.15, 0.2) is 72.9 Å². The van der Waals surface area contributed by atoms with E-state index in [1.54, 1.807) is 22.4 Å². The van der Waals surface area contributed by atoms with E-state index in [1.807, 2.05) is 45.9 Å². The molecule has 0 radical (unpaired) electrons. The highest BCUT2D eigenvalue weighted by molar-refractivity contribution is 7.18. The Morgan fingerprint density at radius 3 is 2.29 bits per heavy atom. The van der Waals surface area contributed by atoms with Gasteiger partial charge in [0.05, 0.1) is 54.6 Å². The summed E-state index contributed by atoms with van der Waals surface area (Å²) in [5.74, 6) is -0.160. The van der Waals surface area contributed by atoms with Crippen LogP contribution < -0.4 is 15.5 Å². The van der Waals surface area contributed by atoms with Gasteiger partial charge in [0, 0.05) is 22.5 Å². The van der Waals surface area contributed by atoms with Crippen molar-refractivity contribution < 1.29 is 33.0 Å². The van der Waals surface area contributed by atoms with E-state index in [4.69, 9.17) is 19.4 Å². The average Bonchev–Trinajstić information content (AvgIpc) is 4.07. The predicted octanol–water partition coefficient (Wildman–Crippen LogP) is 7.93. The fourth-order valence-corrected chi connectivity index (χ4v) is 8.45. The maximum atomic E-state index is 14.0. The van der Waals surface area contributed by atoms with Crippen molar-refractivity contribution in [1.29, 1.82) is 0 Å². The van der Waals surface area contributed by atoms with Crippen LogP contribution in [0.3, 0.4) is 0 Å². The number of fused-ring (bicyclic) bond motifs is 3. The van der Waals surface area contributed by atoms with Gasteiger partial charge in [-0.3, -0.25) is 9.59 Å². The number of amides is 4. The van der Waals surface area contributed by atoms with Crippen molar-refractivity contribution in [3.8, 4) is 21.0 Å². The molecule has 0 saturated carbocycles.